The Morgan fingerprint density at radius 1 is 1.26 bits per heavy atom. The topological polar surface area (TPSA) is 50.4 Å². The molecule has 1 saturated carbocycles. The Balaban J connectivity index is 1.98. The summed E-state index contributed by atoms with van der Waals surface area (Å²) in [4.78, 5) is 12.6. The fraction of sp³-hybridized carbons (Fsp3) is 0.933. The van der Waals surface area contributed by atoms with Crippen LogP contribution in [-0.2, 0) is 9.53 Å². The zero-order valence-electron chi connectivity index (χ0n) is 12.5. The largest absolute Gasteiger partial charge is 0.368 e. The summed E-state index contributed by atoms with van der Waals surface area (Å²) in [6.07, 6.45) is 5.15. The Morgan fingerprint density at radius 3 is 2.58 bits per heavy atom. The van der Waals surface area contributed by atoms with Gasteiger partial charge in [0, 0.05) is 13.2 Å². The van der Waals surface area contributed by atoms with E-state index in [4.69, 9.17) is 4.74 Å². The van der Waals surface area contributed by atoms with Gasteiger partial charge in [-0.15, -0.1) is 0 Å². The van der Waals surface area contributed by atoms with Gasteiger partial charge in [0.1, 0.15) is 5.60 Å². The number of hydrogen-bond donors (Lipinski definition) is 2. The monoisotopic (exact) mass is 268 g/mol. The SMILES string of the molecule is COC1(C(=O)NC2CCCC(C)C2C)CCNCC1. The predicted molar refractivity (Wildman–Crippen MR) is 76.0 cm³/mol. The number of carbonyl (C=O) groups is 1. The molecule has 1 saturated heterocycles. The number of amides is 1. The fourth-order valence-corrected chi connectivity index (χ4v) is 3.44. The van der Waals surface area contributed by atoms with Crippen LogP contribution in [0.1, 0.15) is 46.0 Å². The number of nitrogens with one attached hydrogen (secondary N) is 2. The average molecular weight is 268 g/mol. The molecule has 4 heteroatoms. The number of hydrogen-bond acceptors (Lipinski definition) is 3. The van der Waals surface area contributed by atoms with Crippen LogP contribution in [0.4, 0.5) is 0 Å². The van der Waals surface area contributed by atoms with Gasteiger partial charge < -0.3 is 15.4 Å². The molecule has 2 rings (SSSR count). The Labute approximate surface area is 116 Å². The minimum Gasteiger partial charge on any atom is -0.368 e. The third-order valence-electron chi connectivity index (χ3n) is 5.24. The van der Waals surface area contributed by atoms with Gasteiger partial charge in [0.25, 0.3) is 5.91 Å². The fourth-order valence-electron chi connectivity index (χ4n) is 3.44. The number of rotatable bonds is 3. The summed E-state index contributed by atoms with van der Waals surface area (Å²) in [6, 6.07) is 0.318. The van der Waals surface area contributed by atoms with E-state index in [1.807, 2.05) is 0 Å². The summed E-state index contributed by atoms with van der Waals surface area (Å²) in [7, 11) is 1.66. The molecule has 19 heavy (non-hydrogen) atoms. The van der Waals surface area contributed by atoms with Gasteiger partial charge in [0.15, 0.2) is 0 Å². The molecule has 1 amide bonds. The molecule has 2 fully saturated rings. The molecule has 110 valence electrons. The predicted octanol–water partition coefficient (Wildman–Crippen LogP) is 1.70. The molecule has 1 heterocycles. The maximum absolute atomic E-state index is 12.6. The van der Waals surface area contributed by atoms with E-state index in [-0.39, 0.29) is 5.91 Å². The van der Waals surface area contributed by atoms with E-state index >= 15 is 0 Å². The molecule has 0 aromatic carbocycles. The van der Waals surface area contributed by atoms with Crippen molar-refractivity contribution in [3.05, 3.63) is 0 Å². The first kappa shape index (κ1) is 14.8. The van der Waals surface area contributed by atoms with Crippen LogP contribution < -0.4 is 10.6 Å². The van der Waals surface area contributed by atoms with Crippen molar-refractivity contribution in [1.82, 2.24) is 10.6 Å². The van der Waals surface area contributed by atoms with Crippen LogP contribution in [0.15, 0.2) is 0 Å². The standard InChI is InChI=1S/C15H28N2O2/c1-11-5-4-6-13(12(11)2)17-14(18)15(19-3)7-9-16-10-8-15/h11-13,16H,4-10H2,1-3H3,(H,17,18). The number of piperidine rings is 1. The van der Waals surface area contributed by atoms with Gasteiger partial charge in [-0.1, -0.05) is 26.7 Å². The first-order chi connectivity index (χ1) is 9.09. The molecule has 4 nitrogen and oxygen atoms in total. The summed E-state index contributed by atoms with van der Waals surface area (Å²) in [5.41, 5.74) is -0.606. The summed E-state index contributed by atoms with van der Waals surface area (Å²) in [6.45, 7) is 6.27. The van der Waals surface area contributed by atoms with Gasteiger partial charge in [0.2, 0.25) is 0 Å². The smallest absolute Gasteiger partial charge is 0.252 e. The number of ether oxygens (including phenoxy) is 1. The normalized spacial score (nSPS) is 34.8. The quantitative estimate of drug-likeness (QED) is 0.819. The number of methoxy groups -OCH3 is 1. The lowest BCUT2D eigenvalue weighted by Crippen LogP contribution is -2.57. The zero-order chi connectivity index (χ0) is 13.9. The van der Waals surface area contributed by atoms with E-state index in [1.54, 1.807) is 7.11 Å². The van der Waals surface area contributed by atoms with E-state index in [0.717, 1.165) is 32.4 Å². The molecule has 1 aliphatic heterocycles. The van der Waals surface area contributed by atoms with Gasteiger partial charge in [-0.05, 0) is 44.2 Å². The maximum atomic E-state index is 12.6. The van der Waals surface area contributed by atoms with Crippen LogP contribution >= 0.6 is 0 Å². The minimum atomic E-state index is -0.606. The van der Waals surface area contributed by atoms with Crippen LogP contribution in [0.25, 0.3) is 0 Å². The van der Waals surface area contributed by atoms with Crippen LogP contribution in [0.2, 0.25) is 0 Å². The Hall–Kier alpha value is -0.610. The Kier molecular flexibility index (Phi) is 4.85. The highest BCUT2D eigenvalue weighted by atomic mass is 16.5. The van der Waals surface area contributed by atoms with Crippen molar-refractivity contribution < 1.29 is 9.53 Å². The van der Waals surface area contributed by atoms with Crippen molar-refractivity contribution in [2.75, 3.05) is 20.2 Å². The van der Waals surface area contributed by atoms with Gasteiger partial charge >= 0.3 is 0 Å². The summed E-state index contributed by atoms with van der Waals surface area (Å²) in [5, 5.41) is 6.56. The molecule has 2 aliphatic rings. The van der Waals surface area contributed by atoms with Crippen LogP contribution in [0, 0.1) is 11.8 Å². The molecule has 3 atom stereocenters. The van der Waals surface area contributed by atoms with Crippen molar-refractivity contribution in [2.45, 2.75) is 57.6 Å². The van der Waals surface area contributed by atoms with Crippen molar-refractivity contribution in [1.29, 1.82) is 0 Å². The zero-order valence-corrected chi connectivity index (χ0v) is 12.5. The molecule has 1 aliphatic carbocycles. The van der Waals surface area contributed by atoms with Crippen LogP contribution in [-0.4, -0.2) is 37.7 Å². The van der Waals surface area contributed by atoms with Crippen LogP contribution in [0.3, 0.4) is 0 Å². The first-order valence-electron chi connectivity index (χ1n) is 7.66. The molecule has 0 aromatic rings. The van der Waals surface area contributed by atoms with Gasteiger partial charge in [-0.2, -0.15) is 0 Å². The minimum absolute atomic E-state index is 0.0995. The van der Waals surface area contributed by atoms with E-state index in [2.05, 4.69) is 24.5 Å². The molecule has 2 N–H and O–H groups in total. The lowest BCUT2D eigenvalue weighted by Gasteiger charge is -2.39. The highest BCUT2D eigenvalue weighted by molar-refractivity contribution is 5.85. The molecule has 0 spiro atoms. The second kappa shape index (κ2) is 6.23. The average Bonchev–Trinajstić information content (AvgIpc) is 2.44. The Morgan fingerprint density at radius 2 is 1.95 bits per heavy atom. The molecule has 0 bridgehead atoms. The Bertz CT molecular complexity index is 313. The maximum Gasteiger partial charge on any atom is 0.252 e. The summed E-state index contributed by atoms with van der Waals surface area (Å²) < 4.78 is 5.59. The molecule has 3 unspecified atom stereocenters. The van der Waals surface area contributed by atoms with Gasteiger partial charge in [0.05, 0.1) is 0 Å². The van der Waals surface area contributed by atoms with Gasteiger partial charge in [-0.25, -0.2) is 0 Å². The van der Waals surface area contributed by atoms with E-state index in [9.17, 15) is 4.79 Å². The summed E-state index contributed by atoms with van der Waals surface area (Å²) in [5.74, 6) is 1.36. The second-order valence-corrected chi connectivity index (χ2v) is 6.30. The summed E-state index contributed by atoms with van der Waals surface area (Å²) >= 11 is 0. The lowest BCUT2D eigenvalue weighted by atomic mass is 9.77. The lowest BCUT2D eigenvalue weighted by molar-refractivity contribution is -0.148. The third-order valence-corrected chi connectivity index (χ3v) is 5.24. The van der Waals surface area contributed by atoms with Crippen LogP contribution in [0.5, 0.6) is 0 Å². The molecular weight excluding hydrogens is 240 g/mol. The number of carbonyl (C=O) groups excluding carboxylic acids is 1. The van der Waals surface area contributed by atoms with E-state index in [0.29, 0.717) is 17.9 Å². The highest BCUT2D eigenvalue weighted by Gasteiger charge is 2.41. The molecular formula is C15H28N2O2. The second-order valence-electron chi connectivity index (χ2n) is 6.30. The van der Waals surface area contributed by atoms with Crippen molar-refractivity contribution >= 4 is 5.91 Å². The molecule has 0 radical (unpaired) electrons. The highest BCUT2D eigenvalue weighted by Crippen LogP contribution is 2.31. The van der Waals surface area contributed by atoms with Gasteiger partial charge in [-0.3, -0.25) is 4.79 Å². The van der Waals surface area contributed by atoms with E-state index < -0.39 is 5.60 Å². The third kappa shape index (κ3) is 3.11. The van der Waals surface area contributed by atoms with Crippen molar-refractivity contribution in [3.63, 3.8) is 0 Å². The van der Waals surface area contributed by atoms with Crippen molar-refractivity contribution in [2.24, 2.45) is 11.8 Å². The first-order valence-corrected chi connectivity index (χ1v) is 7.66. The van der Waals surface area contributed by atoms with E-state index in [1.165, 1.54) is 12.8 Å². The van der Waals surface area contributed by atoms with Crippen molar-refractivity contribution in [3.8, 4) is 0 Å². The molecule has 0 aromatic heterocycles.